The summed E-state index contributed by atoms with van der Waals surface area (Å²) >= 11 is 0. The van der Waals surface area contributed by atoms with Gasteiger partial charge in [0.2, 0.25) is 5.91 Å². The van der Waals surface area contributed by atoms with E-state index in [2.05, 4.69) is 15.3 Å². The lowest BCUT2D eigenvalue weighted by Crippen LogP contribution is -2.36. The number of allylic oxidation sites excluding steroid dienone is 1. The number of nitrogens with zero attached hydrogens (tertiary/aromatic N) is 3. The summed E-state index contributed by atoms with van der Waals surface area (Å²) in [6.45, 7) is 6.76. The lowest BCUT2D eigenvalue weighted by atomic mass is 10.0. The molecule has 1 heterocycles. The Hall–Kier alpha value is -3.17. The lowest BCUT2D eigenvalue weighted by molar-refractivity contribution is -0.141. The highest BCUT2D eigenvalue weighted by molar-refractivity contribution is 6.05. The summed E-state index contributed by atoms with van der Waals surface area (Å²) in [4.78, 5) is 20.9. The molecule has 0 radical (unpaired) electrons. The van der Waals surface area contributed by atoms with Gasteiger partial charge in [0.15, 0.2) is 5.69 Å². The molecule has 0 spiro atoms. The molecule has 0 aliphatic heterocycles. The van der Waals surface area contributed by atoms with Crippen molar-refractivity contribution in [3.05, 3.63) is 59.7 Å². The first-order valence-corrected chi connectivity index (χ1v) is 9.67. The summed E-state index contributed by atoms with van der Waals surface area (Å²) < 4.78 is 53.4. The third kappa shape index (κ3) is 5.93. The number of amides is 1. The Morgan fingerprint density at radius 2 is 1.90 bits per heavy atom. The molecule has 1 unspecified atom stereocenters. The molecule has 10 heteroatoms. The predicted molar refractivity (Wildman–Crippen MR) is 110 cm³/mol. The van der Waals surface area contributed by atoms with Crippen molar-refractivity contribution < 1.29 is 22.4 Å². The fourth-order valence-electron chi connectivity index (χ4n) is 3.01. The number of aryl methyl sites for hydroxylation is 1. The second-order valence-electron chi connectivity index (χ2n) is 7.20. The minimum atomic E-state index is -4.61. The van der Waals surface area contributed by atoms with Crippen LogP contribution in [0.1, 0.15) is 44.8 Å². The molecular weight excluding hydrogens is 414 g/mol. The molecule has 1 aromatic heterocycles. The number of carbonyl (C=O) groups is 1. The van der Waals surface area contributed by atoms with Crippen molar-refractivity contribution in [1.29, 1.82) is 0 Å². The van der Waals surface area contributed by atoms with Gasteiger partial charge in [-0.2, -0.15) is 13.2 Å². The highest BCUT2D eigenvalue weighted by Crippen LogP contribution is 2.30. The summed E-state index contributed by atoms with van der Waals surface area (Å²) in [5.41, 5.74) is 5.78. The number of aromatic nitrogens is 2. The zero-order valence-corrected chi connectivity index (χ0v) is 17.7. The zero-order chi connectivity index (χ0) is 23.3. The van der Waals surface area contributed by atoms with Crippen LogP contribution in [0, 0.1) is 18.7 Å². The molecule has 0 fully saturated rings. The number of hydrogen-bond donors (Lipinski definition) is 2. The molecule has 0 aliphatic rings. The van der Waals surface area contributed by atoms with Gasteiger partial charge in [-0.15, -0.1) is 0 Å². The molecule has 168 valence electrons. The zero-order valence-electron chi connectivity index (χ0n) is 17.7. The Morgan fingerprint density at radius 3 is 2.35 bits per heavy atom. The Bertz CT molecular complexity index is 975. The first kappa shape index (κ1) is 24.1. The van der Waals surface area contributed by atoms with Crippen molar-refractivity contribution in [2.24, 2.45) is 16.6 Å². The fraction of sp³-hybridized carbons (Fsp3) is 0.381. The monoisotopic (exact) mass is 439 g/mol. The number of hydrogen-bond acceptors (Lipinski definition) is 4. The van der Waals surface area contributed by atoms with E-state index in [4.69, 9.17) is 5.73 Å². The summed E-state index contributed by atoms with van der Waals surface area (Å²) in [6.07, 6.45) is -2.39. The standard InChI is InChI=1S/C21H25F4N5O/c1-5-17(30-11-18(21(23,24)25)27-13(30)4)20(31)29-16(10-26)19(12(2)3)28-15-8-6-14(22)7-9-15/h6-12,17H,5,26H2,1-4H3,(H,29,31). The van der Waals surface area contributed by atoms with Crippen LogP contribution in [-0.4, -0.2) is 21.2 Å². The SMILES string of the molecule is CCC(C(=O)NC(=CN)C(=Nc1ccc(F)cc1)C(C)C)n1cc(C(F)(F)F)nc1C. The molecule has 0 bridgehead atoms. The Morgan fingerprint density at radius 1 is 1.29 bits per heavy atom. The first-order valence-electron chi connectivity index (χ1n) is 9.67. The number of carbonyl (C=O) groups excluding carboxylic acids is 1. The van der Waals surface area contributed by atoms with Gasteiger partial charge in [0.05, 0.1) is 17.1 Å². The largest absolute Gasteiger partial charge is 0.434 e. The van der Waals surface area contributed by atoms with Crippen molar-refractivity contribution in [2.45, 2.75) is 46.3 Å². The number of rotatable bonds is 7. The molecule has 0 aliphatic carbocycles. The van der Waals surface area contributed by atoms with Crippen molar-refractivity contribution >= 4 is 17.3 Å². The van der Waals surface area contributed by atoms with Gasteiger partial charge in [0.1, 0.15) is 17.7 Å². The van der Waals surface area contributed by atoms with E-state index in [-0.39, 0.29) is 23.9 Å². The van der Waals surface area contributed by atoms with Crippen LogP contribution in [0.15, 0.2) is 47.4 Å². The summed E-state index contributed by atoms with van der Waals surface area (Å²) in [7, 11) is 0. The summed E-state index contributed by atoms with van der Waals surface area (Å²) in [5, 5.41) is 2.67. The quantitative estimate of drug-likeness (QED) is 0.487. The van der Waals surface area contributed by atoms with Crippen molar-refractivity contribution in [3.8, 4) is 0 Å². The minimum Gasteiger partial charge on any atom is -0.403 e. The van der Waals surface area contributed by atoms with E-state index >= 15 is 0 Å². The molecule has 0 saturated carbocycles. The van der Waals surface area contributed by atoms with E-state index in [1.165, 1.54) is 42.0 Å². The Kier molecular flexibility index (Phi) is 7.59. The molecule has 31 heavy (non-hydrogen) atoms. The van der Waals surface area contributed by atoms with E-state index in [9.17, 15) is 22.4 Å². The first-order chi connectivity index (χ1) is 14.5. The normalized spacial score (nSPS) is 14.1. The predicted octanol–water partition coefficient (Wildman–Crippen LogP) is 4.65. The van der Waals surface area contributed by atoms with E-state index in [0.717, 1.165) is 6.20 Å². The van der Waals surface area contributed by atoms with Gasteiger partial charge in [-0.25, -0.2) is 9.37 Å². The summed E-state index contributed by atoms with van der Waals surface area (Å²) in [6, 6.07) is 4.55. The number of aliphatic imine (C=N–C) groups is 1. The van der Waals surface area contributed by atoms with Gasteiger partial charge in [-0.3, -0.25) is 9.79 Å². The molecule has 1 aromatic carbocycles. The van der Waals surface area contributed by atoms with Gasteiger partial charge >= 0.3 is 6.18 Å². The average molecular weight is 439 g/mol. The van der Waals surface area contributed by atoms with E-state index in [1.807, 2.05) is 13.8 Å². The number of alkyl halides is 3. The van der Waals surface area contributed by atoms with Crippen LogP contribution in [0.5, 0.6) is 0 Å². The summed E-state index contributed by atoms with van der Waals surface area (Å²) in [5.74, 6) is -1.06. The van der Waals surface area contributed by atoms with Crippen LogP contribution in [0.25, 0.3) is 0 Å². The maximum absolute atomic E-state index is 13.2. The third-order valence-corrected chi connectivity index (χ3v) is 4.56. The molecule has 2 aromatic rings. The number of nitrogens with two attached hydrogens (primary N) is 1. The van der Waals surface area contributed by atoms with Crippen molar-refractivity contribution in [3.63, 3.8) is 0 Å². The van der Waals surface area contributed by atoms with E-state index in [1.54, 1.807) is 6.92 Å². The van der Waals surface area contributed by atoms with Crippen LogP contribution >= 0.6 is 0 Å². The highest BCUT2D eigenvalue weighted by Gasteiger charge is 2.35. The van der Waals surface area contributed by atoms with E-state index in [0.29, 0.717) is 11.4 Å². The van der Waals surface area contributed by atoms with Crippen LogP contribution in [0.4, 0.5) is 23.2 Å². The van der Waals surface area contributed by atoms with Gasteiger partial charge in [-0.05, 0) is 43.5 Å². The lowest BCUT2D eigenvalue weighted by Gasteiger charge is -2.21. The van der Waals surface area contributed by atoms with Crippen molar-refractivity contribution in [2.75, 3.05) is 0 Å². The Labute approximate surface area is 177 Å². The second kappa shape index (κ2) is 9.76. The minimum absolute atomic E-state index is 0.0664. The molecule has 1 atom stereocenters. The average Bonchev–Trinajstić information content (AvgIpc) is 3.08. The van der Waals surface area contributed by atoms with Gasteiger partial charge in [0, 0.05) is 12.4 Å². The van der Waals surface area contributed by atoms with Gasteiger partial charge in [-0.1, -0.05) is 20.8 Å². The van der Waals surface area contributed by atoms with Crippen LogP contribution in [0.2, 0.25) is 0 Å². The fourth-order valence-corrected chi connectivity index (χ4v) is 3.01. The smallest absolute Gasteiger partial charge is 0.403 e. The number of nitrogens with one attached hydrogen (secondary N) is 1. The number of imidazole rings is 1. The van der Waals surface area contributed by atoms with Gasteiger partial charge < -0.3 is 15.6 Å². The van der Waals surface area contributed by atoms with Crippen LogP contribution < -0.4 is 11.1 Å². The molecule has 2 rings (SSSR count). The maximum atomic E-state index is 13.2. The van der Waals surface area contributed by atoms with Gasteiger partial charge in [0.25, 0.3) is 0 Å². The van der Waals surface area contributed by atoms with Crippen LogP contribution in [-0.2, 0) is 11.0 Å². The highest BCUT2D eigenvalue weighted by atomic mass is 19.4. The second-order valence-corrected chi connectivity index (χ2v) is 7.20. The topological polar surface area (TPSA) is 85.3 Å². The van der Waals surface area contributed by atoms with Crippen LogP contribution in [0.3, 0.4) is 0 Å². The van der Waals surface area contributed by atoms with E-state index < -0.39 is 29.6 Å². The maximum Gasteiger partial charge on any atom is 0.434 e. The molecule has 3 N–H and O–H groups in total. The molecule has 1 amide bonds. The molecular formula is C21H25F4N5O. The van der Waals surface area contributed by atoms with Crippen molar-refractivity contribution in [1.82, 2.24) is 14.9 Å². The molecule has 0 saturated heterocycles. The number of benzene rings is 1. The third-order valence-electron chi connectivity index (χ3n) is 4.56. The Balaban J connectivity index is 2.33. The molecule has 6 nitrogen and oxygen atoms in total. The number of halogens is 4.